The second-order valence-corrected chi connectivity index (χ2v) is 6.35. The third kappa shape index (κ3) is 1.89. The maximum Gasteiger partial charge on any atom is 0.308 e. The molecule has 0 spiro atoms. The van der Waals surface area contributed by atoms with Crippen LogP contribution in [-0.2, 0) is 5.41 Å². The summed E-state index contributed by atoms with van der Waals surface area (Å²) in [4.78, 5) is 4.20. The van der Waals surface area contributed by atoms with Crippen LogP contribution in [0.2, 0.25) is 0 Å². The fraction of sp³-hybridized carbons (Fsp3) is 0.562. The Bertz CT molecular complexity index is 628. The fourth-order valence-electron chi connectivity index (χ4n) is 4.04. The number of nitrogens with zero attached hydrogens (tertiary/aromatic N) is 4. The van der Waals surface area contributed by atoms with Crippen molar-refractivity contribution in [2.75, 3.05) is 14.2 Å². The van der Waals surface area contributed by atoms with E-state index in [1.165, 1.54) is 0 Å². The summed E-state index contributed by atoms with van der Waals surface area (Å²) in [7, 11) is 3.61. The molecule has 0 N–H and O–H groups in total. The summed E-state index contributed by atoms with van der Waals surface area (Å²) in [6, 6.07) is 4.92. The normalized spacial score (nSPS) is 37.5. The Morgan fingerprint density at radius 3 is 2.48 bits per heavy atom. The zero-order valence-corrected chi connectivity index (χ0v) is 12.4. The summed E-state index contributed by atoms with van der Waals surface area (Å²) in [5.74, 6) is 0.678. The van der Waals surface area contributed by atoms with Gasteiger partial charge in [-0.3, -0.25) is 4.98 Å². The van der Waals surface area contributed by atoms with Gasteiger partial charge in [-0.1, -0.05) is 0 Å². The van der Waals surface area contributed by atoms with Crippen LogP contribution in [0.3, 0.4) is 0 Å². The molecule has 2 saturated heterocycles. The molecule has 0 aliphatic carbocycles. The Labute approximate surface area is 125 Å². The van der Waals surface area contributed by atoms with E-state index < -0.39 is 5.41 Å². The minimum atomic E-state index is -0.540. The molecule has 1 aromatic rings. The lowest BCUT2D eigenvalue weighted by atomic mass is 9.71. The number of methoxy groups -OCH3 is 1. The molecule has 2 unspecified atom stereocenters. The van der Waals surface area contributed by atoms with E-state index >= 15 is 0 Å². The van der Waals surface area contributed by atoms with Crippen molar-refractivity contribution in [3.63, 3.8) is 0 Å². The highest BCUT2D eigenvalue weighted by Gasteiger charge is 2.58. The highest BCUT2D eigenvalue weighted by molar-refractivity contribution is 5.36. The van der Waals surface area contributed by atoms with Gasteiger partial charge in [0.1, 0.15) is 17.8 Å². The number of pyridine rings is 1. The first-order valence-electron chi connectivity index (χ1n) is 7.26. The van der Waals surface area contributed by atoms with Crippen molar-refractivity contribution >= 4 is 0 Å². The van der Waals surface area contributed by atoms with Crippen molar-refractivity contribution < 1.29 is 9.22 Å². The van der Waals surface area contributed by atoms with Crippen LogP contribution in [0.25, 0.3) is 0 Å². The SMILES string of the molecule is COc1cncc(C2(C#N)CC3CCC(C2)[N+]3(C)C#N)c1. The molecule has 5 nitrogen and oxygen atoms in total. The largest absolute Gasteiger partial charge is 0.495 e. The lowest BCUT2D eigenvalue weighted by Gasteiger charge is -2.44. The molecule has 0 amide bonds. The minimum Gasteiger partial charge on any atom is -0.495 e. The van der Waals surface area contributed by atoms with Gasteiger partial charge in [-0.05, 0) is 11.6 Å². The zero-order chi connectivity index (χ0) is 15.1. The second kappa shape index (κ2) is 4.72. The van der Waals surface area contributed by atoms with Gasteiger partial charge >= 0.3 is 6.19 Å². The summed E-state index contributed by atoms with van der Waals surface area (Å²) in [6.07, 6.45) is 9.38. The Kier molecular flexibility index (Phi) is 3.11. The lowest BCUT2D eigenvalue weighted by Crippen LogP contribution is -2.57. The predicted octanol–water partition coefficient (Wildman–Crippen LogP) is 2.10. The highest BCUT2D eigenvalue weighted by atomic mass is 16.5. The van der Waals surface area contributed by atoms with Gasteiger partial charge in [0.15, 0.2) is 0 Å². The van der Waals surface area contributed by atoms with E-state index in [4.69, 9.17) is 4.74 Å². The highest BCUT2D eigenvalue weighted by Crippen LogP contribution is 2.50. The second-order valence-electron chi connectivity index (χ2n) is 6.35. The van der Waals surface area contributed by atoms with Crippen LogP contribution in [0.1, 0.15) is 31.2 Å². The van der Waals surface area contributed by atoms with Crippen LogP contribution >= 0.6 is 0 Å². The Balaban J connectivity index is 2.01. The predicted molar refractivity (Wildman–Crippen MR) is 75.9 cm³/mol. The molecule has 2 aliphatic heterocycles. The summed E-state index contributed by atoms with van der Waals surface area (Å²) < 4.78 is 5.68. The molecule has 2 fully saturated rings. The molecule has 3 rings (SSSR count). The van der Waals surface area contributed by atoms with Crippen LogP contribution in [-0.4, -0.2) is 35.7 Å². The standard InChI is InChI=1S/C16H19N4O/c1-20(11-18)13-3-4-14(20)7-16(6-13,10-17)12-5-15(21-2)9-19-8-12/h5,8-9,13-14H,3-4,6-7H2,1-2H3/q+1. The molecule has 2 atom stereocenters. The number of aromatic nitrogens is 1. The number of hydrogen-bond donors (Lipinski definition) is 0. The van der Waals surface area contributed by atoms with Gasteiger partial charge in [0, 0.05) is 31.9 Å². The van der Waals surface area contributed by atoms with E-state index in [1.807, 2.05) is 13.1 Å². The molecule has 2 aliphatic rings. The number of quaternary nitrogens is 1. The molecule has 0 saturated carbocycles. The van der Waals surface area contributed by atoms with Crippen LogP contribution in [0.5, 0.6) is 5.75 Å². The van der Waals surface area contributed by atoms with Crippen molar-refractivity contribution in [1.82, 2.24) is 4.98 Å². The van der Waals surface area contributed by atoms with Crippen molar-refractivity contribution in [1.29, 1.82) is 10.5 Å². The van der Waals surface area contributed by atoms with Gasteiger partial charge in [0.2, 0.25) is 0 Å². The number of fused-ring (bicyclic) bond motifs is 2. The summed E-state index contributed by atoms with van der Waals surface area (Å²) >= 11 is 0. The van der Waals surface area contributed by atoms with Gasteiger partial charge in [-0.15, -0.1) is 5.26 Å². The molecule has 2 bridgehead atoms. The van der Waals surface area contributed by atoms with E-state index in [9.17, 15) is 10.5 Å². The van der Waals surface area contributed by atoms with Crippen LogP contribution < -0.4 is 4.74 Å². The third-order valence-corrected chi connectivity index (χ3v) is 5.45. The molecule has 0 radical (unpaired) electrons. The van der Waals surface area contributed by atoms with Gasteiger partial charge in [0.05, 0.1) is 31.8 Å². The van der Waals surface area contributed by atoms with Crippen molar-refractivity contribution in [3.8, 4) is 18.0 Å². The third-order valence-electron chi connectivity index (χ3n) is 5.45. The quantitative estimate of drug-likeness (QED) is 0.615. The maximum atomic E-state index is 9.86. The van der Waals surface area contributed by atoms with Gasteiger partial charge < -0.3 is 4.74 Å². The van der Waals surface area contributed by atoms with Crippen molar-refractivity contribution in [2.24, 2.45) is 0 Å². The number of hydrogen-bond acceptors (Lipinski definition) is 4. The summed E-state index contributed by atoms with van der Waals surface area (Å²) in [5.41, 5.74) is 0.382. The Hall–Kier alpha value is -2.11. The van der Waals surface area contributed by atoms with E-state index in [1.54, 1.807) is 19.5 Å². The Morgan fingerprint density at radius 1 is 1.29 bits per heavy atom. The topological polar surface area (TPSA) is 69.7 Å². The first-order valence-corrected chi connectivity index (χ1v) is 7.26. The van der Waals surface area contributed by atoms with Gasteiger partial charge in [-0.2, -0.15) is 5.26 Å². The first kappa shape index (κ1) is 13.9. The zero-order valence-electron chi connectivity index (χ0n) is 12.4. The van der Waals surface area contributed by atoms with E-state index in [0.717, 1.165) is 31.2 Å². The average Bonchev–Trinajstić information content (AvgIpc) is 2.72. The number of ether oxygens (including phenoxy) is 1. The number of rotatable bonds is 2. The molecular formula is C16H19N4O+. The molecule has 1 aromatic heterocycles. The van der Waals surface area contributed by atoms with E-state index in [2.05, 4.69) is 17.2 Å². The van der Waals surface area contributed by atoms with Crippen LogP contribution in [0, 0.1) is 22.8 Å². The van der Waals surface area contributed by atoms with Gasteiger partial charge in [0.25, 0.3) is 0 Å². The Morgan fingerprint density at radius 2 is 1.95 bits per heavy atom. The monoisotopic (exact) mass is 283 g/mol. The molecular weight excluding hydrogens is 264 g/mol. The number of piperidine rings is 1. The fourth-order valence-corrected chi connectivity index (χ4v) is 4.04. The van der Waals surface area contributed by atoms with Crippen molar-refractivity contribution in [3.05, 3.63) is 24.0 Å². The van der Waals surface area contributed by atoms with E-state index in [0.29, 0.717) is 10.2 Å². The van der Waals surface area contributed by atoms with Gasteiger partial charge in [-0.25, -0.2) is 4.48 Å². The van der Waals surface area contributed by atoms with Crippen LogP contribution in [0.15, 0.2) is 18.5 Å². The molecule has 5 heteroatoms. The average molecular weight is 283 g/mol. The minimum absolute atomic E-state index is 0.236. The molecule has 0 aromatic carbocycles. The summed E-state index contributed by atoms with van der Waals surface area (Å²) in [5, 5.41) is 19.4. The smallest absolute Gasteiger partial charge is 0.308 e. The molecule has 3 heterocycles. The maximum absolute atomic E-state index is 9.86. The number of nitriles is 2. The summed E-state index contributed by atoms with van der Waals surface area (Å²) in [6.45, 7) is 0. The molecule has 21 heavy (non-hydrogen) atoms. The van der Waals surface area contributed by atoms with Crippen molar-refractivity contribution in [2.45, 2.75) is 43.2 Å². The van der Waals surface area contributed by atoms with E-state index in [-0.39, 0.29) is 12.1 Å². The lowest BCUT2D eigenvalue weighted by molar-refractivity contribution is -0.889. The molecule has 108 valence electrons. The first-order chi connectivity index (χ1) is 10.1. The van der Waals surface area contributed by atoms with Crippen LogP contribution in [0.4, 0.5) is 0 Å².